The molecule has 1 aliphatic rings. The van der Waals surface area contributed by atoms with Crippen LogP contribution in [0, 0.1) is 5.41 Å². The SMILES string of the molecule is CC1(C)CCCN(S(=O)(=O)c2cc(C(=O)O)ccc2Cl)C1. The number of rotatable bonds is 3. The summed E-state index contributed by atoms with van der Waals surface area (Å²) in [6.07, 6.45) is 1.74. The van der Waals surface area contributed by atoms with E-state index in [1.165, 1.54) is 16.4 Å². The maximum atomic E-state index is 12.7. The number of benzene rings is 1. The smallest absolute Gasteiger partial charge is 0.335 e. The topological polar surface area (TPSA) is 74.7 Å². The molecule has 0 saturated carbocycles. The second-order valence-electron chi connectivity index (χ2n) is 6.06. The average molecular weight is 332 g/mol. The summed E-state index contributed by atoms with van der Waals surface area (Å²) >= 11 is 5.98. The summed E-state index contributed by atoms with van der Waals surface area (Å²) in [6.45, 7) is 4.87. The summed E-state index contributed by atoms with van der Waals surface area (Å²) < 4.78 is 26.8. The predicted molar refractivity (Wildman–Crippen MR) is 80.2 cm³/mol. The lowest BCUT2D eigenvalue weighted by molar-refractivity contribution is 0.0696. The molecule has 0 bridgehead atoms. The number of carbonyl (C=O) groups is 1. The van der Waals surface area contributed by atoms with Crippen molar-refractivity contribution in [2.45, 2.75) is 31.6 Å². The molecule has 0 unspecified atom stereocenters. The van der Waals surface area contributed by atoms with Crippen LogP contribution in [-0.2, 0) is 10.0 Å². The Morgan fingerprint density at radius 1 is 1.38 bits per heavy atom. The van der Waals surface area contributed by atoms with E-state index >= 15 is 0 Å². The van der Waals surface area contributed by atoms with Crippen LogP contribution in [0.2, 0.25) is 5.02 Å². The highest BCUT2D eigenvalue weighted by Crippen LogP contribution is 2.33. The van der Waals surface area contributed by atoms with Gasteiger partial charge in [0.25, 0.3) is 0 Å². The average Bonchev–Trinajstić information content (AvgIpc) is 2.37. The Labute approximate surface area is 129 Å². The molecule has 0 radical (unpaired) electrons. The molecule has 1 fully saturated rings. The van der Waals surface area contributed by atoms with E-state index in [1.807, 2.05) is 13.8 Å². The van der Waals surface area contributed by atoms with Crippen LogP contribution in [0.4, 0.5) is 0 Å². The summed E-state index contributed by atoms with van der Waals surface area (Å²) in [5, 5.41) is 9.05. The number of aromatic carboxylic acids is 1. The Morgan fingerprint density at radius 3 is 2.62 bits per heavy atom. The van der Waals surface area contributed by atoms with E-state index < -0.39 is 16.0 Å². The van der Waals surface area contributed by atoms with Crippen LogP contribution in [0.5, 0.6) is 0 Å². The highest BCUT2D eigenvalue weighted by molar-refractivity contribution is 7.89. The van der Waals surface area contributed by atoms with Crippen molar-refractivity contribution in [3.63, 3.8) is 0 Å². The van der Waals surface area contributed by atoms with Crippen LogP contribution >= 0.6 is 11.6 Å². The molecule has 1 saturated heterocycles. The molecular weight excluding hydrogens is 314 g/mol. The molecule has 2 rings (SSSR count). The van der Waals surface area contributed by atoms with Crippen LogP contribution in [0.25, 0.3) is 0 Å². The molecule has 0 atom stereocenters. The van der Waals surface area contributed by atoms with Gasteiger partial charge in [-0.15, -0.1) is 0 Å². The maximum absolute atomic E-state index is 12.7. The molecule has 116 valence electrons. The second kappa shape index (κ2) is 5.59. The van der Waals surface area contributed by atoms with Crippen LogP contribution in [-0.4, -0.2) is 36.9 Å². The van der Waals surface area contributed by atoms with Gasteiger partial charge in [0.05, 0.1) is 10.6 Å². The number of hydrogen-bond acceptors (Lipinski definition) is 3. The molecule has 0 aromatic heterocycles. The second-order valence-corrected chi connectivity index (χ2v) is 8.37. The van der Waals surface area contributed by atoms with Crippen molar-refractivity contribution in [2.75, 3.05) is 13.1 Å². The molecule has 1 heterocycles. The highest BCUT2D eigenvalue weighted by Gasteiger charge is 2.35. The third-order valence-electron chi connectivity index (χ3n) is 3.66. The van der Waals surface area contributed by atoms with Gasteiger partial charge in [-0.25, -0.2) is 13.2 Å². The first-order valence-corrected chi connectivity index (χ1v) is 8.48. The van der Waals surface area contributed by atoms with Gasteiger partial charge in [0.1, 0.15) is 4.90 Å². The Hall–Kier alpha value is -1.11. The molecule has 0 spiro atoms. The lowest BCUT2D eigenvalue weighted by atomic mass is 9.85. The molecular formula is C14H18ClNO4S. The number of halogens is 1. The first kappa shape index (κ1) is 16.3. The van der Waals surface area contributed by atoms with Crippen molar-refractivity contribution in [1.82, 2.24) is 4.31 Å². The molecule has 1 N–H and O–H groups in total. The van der Waals surface area contributed by atoms with Gasteiger partial charge in [-0.1, -0.05) is 25.4 Å². The first-order valence-electron chi connectivity index (χ1n) is 6.66. The third kappa shape index (κ3) is 3.39. The van der Waals surface area contributed by atoms with Crippen LogP contribution in [0.3, 0.4) is 0 Å². The van der Waals surface area contributed by atoms with Crippen molar-refractivity contribution < 1.29 is 18.3 Å². The largest absolute Gasteiger partial charge is 0.478 e. The summed E-state index contributed by atoms with van der Waals surface area (Å²) in [6, 6.07) is 3.73. The van der Waals surface area contributed by atoms with Crippen molar-refractivity contribution in [3.8, 4) is 0 Å². The van der Waals surface area contributed by atoms with E-state index in [4.69, 9.17) is 16.7 Å². The Kier molecular flexibility index (Phi) is 4.33. The van der Waals surface area contributed by atoms with Crippen LogP contribution in [0.1, 0.15) is 37.0 Å². The van der Waals surface area contributed by atoms with Crippen LogP contribution in [0.15, 0.2) is 23.1 Å². The molecule has 1 aromatic rings. The molecule has 7 heteroatoms. The third-order valence-corrected chi connectivity index (χ3v) is 5.99. The zero-order valence-electron chi connectivity index (χ0n) is 12.0. The highest BCUT2D eigenvalue weighted by atomic mass is 35.5. The molecule has 0 aliphatic carbocycles. The van der Waals surface area contributed by atoms with Gasteiger partial charge in [-0.3, -0.25) is 0 Å². The first-order chi connectivity index (χ1) is 9.63. The quantitative estimate of drug-likeness (QED) is 0.924. The monoisotopic (exact) mass is 331 g/mol. The Balaban J connectivity index is 2.44. The van der Waals surface area contributed by atoms with Crippen LogP contribution < -0.4 is 0 Å². The number of nitrogens with zero attached hydrogens (tertiary/aromatic N) is 1. The maximum Gasteiger partial charge on any atom is 0.335 e. The van der Waals surface area contributed by atoms with Gasteiger partial charge >= 0.3 is 5.97 Å². The number of carboxylic acid groups (broad SMARTS) is 1. The van der Waals surface area contributed by atoms with Gasteiger partial charge in [-0.2, -0.15) is 4.31 Å². The number of hydrogen-bond donors (Lipinski definition) is 1. The molecule has 21 heavy (non-hydrogen) atoms. The summed E-state index contributed by atoms with van der Waals surface area (Å²) in [5.74, 6) is -1.18. The normalized spacial score (nSPS) is 19.4. The van der Waals surface area contributed by atoms with E-state index in [0.717, 1.165) is 18.9 Å². The minimum absolute atomic E-state index is 0.0448. The molecule has 0 amide bonds. The van der Waals surface area contributed by atoms with E-state index in [1.54, 1.807) is 0 Å². The number of piperidine rings is 1. The summed E-state index contributed by atoms with van der Waals surface area (Å²) in [5.41, 5.74) is -0.184. The standard InChI is InChI=1S/C14H18ClNO4S/c1-14(2)6-3-7-16(9-14)21(19,20)12-8-10(13(17)18)4-5-11(12)15/h4-5,8H,3,6-7,9H2,1-2H3,(H,17,18). The molecule has 1 aliphatic heterocycles. The van der Waals surface area contributed by atoms with Crippen molar-refractivity contribution in [1.29, 1.82) is 0 Å². The van der Waals surface area contributed by atoms with E-state index in [2.05, 4.69) is 0 Å². The van der Waals surface area contributed by atoms with Gasteiger partial charge in [0, 0.05) is 13.1 Å². The zero-order valence-corrected chi connectivity index (χ0v) is 13.5. The number of sulfonamides is 1. The summed E-state index contributed by atoms with van der Waals surface area (Å²) in [7, 11) is -3.78. The molecule has 5 nitrogen and oxygen atoms in total. The van der Waals surface area contributed by atoms with E-state index in [9.17, 15) is 13.2 Å². The van der Waals surface area contributed by atoms with Crippen molar-refractivity contribution >= 4 is 27.6 Å². The van der Waals surface area contributed by atoms with Crippen molar-refractivity contribution in [2.24, 2.45) is 5.41 Å². The zero-order chi connectivity index (χ0) is 15.8. The fourth-order valence-corrected chi connectivity index (χ4v) is 4.72. The van der Waals surface area contributed by atoms with Gasteiger partial charge in [-0.05, 0) is 36.5 Å². The lowest BCUT2D eigenvalue weighted by Crippen LogP contribution is -2.43. The van der Waals surface area contributed by atoms with Gasteiger partial charge in [0.15, 0.2) is 0 Å². The minimum atomic E-state index is -3.78. The predicted octanol–water partition coefficient (Wildman–Crippen LogP) is 2.85. The van der Waals surface area contributed by atoms with E-state index in [0.29, 0.717) is 13.1 Å². The number of carboxylic acids is 1. The van der Waals surface area contributed by atoms with Crippen molar-refractivity contribution in [3.05, 3.63) is 28.8 Å². The lowest BCUT2D eigenvalue weighted by Gasteiger charge is -2.37. The fraction of sp³-hybridized carbons (Fsp3) is 0.500. The summed E-state index contributed by atoms with van der Waals surface area (Å²) in [4.78, 5) is 10.9. The van der Waals surface area contributed by atoms with Gasteiger partial charge < -0.3 is 5.11 Å². The van der Waals surface area contributed by atoms with E-state index in [-0.39, 0.29) is 20.9 Å². The van der Waals surface area contributed by atoms with Gasteiger partial charge in [0.2, 0.25) is 10.0 Å². The fourth-order valence-electron chi connectivity index (χ4n) is 2.55. The Bertz CT molecular complexity index is 670. The Morgan fingerprint density at radius 2 is 2.05 bits per heavy atom. The minimum Gasteiger partial charge on any atom is -0.478 e. The molecule has 1 aromatic carbocycles.